The second kappa shape index (κ2) is 4.36. The molecule has 1 aliphatic rings. The van der Waals surface area contributed by atoms with Gasteiger partial charge in [-0.2, -0.15) is 0 Å². The molecule has 1 aliphatic heterocycles. The first kappa shape index (κ1) is 8.56. The molecule has 2 N–H and O–H groups in total. The van der Waals surface area contributed by atoms with Gasteiger partial charge >= 0.3 is 0 Å². The summed E-state index contributed by atoms with van der Waals surface area (Å²) in [4.78, 5) is 2.23. The molecular weight excluding hydrogens is 140 g/mol. The number of piperazine rings is 1. The van der Waals surface area contributed by atoms with E-state index < -0.39 is 0 Å². The summed E-state index contributed by atoms with van der Waals surface area (Å²) >= 11 is 0. The Bertz CT molecular complexity index is 130. The highest BCUT2D eigenvalue weighted by atomic mass is 16.3. The van der Waals surface area contributed by atoms with Gasteiger partial charge in [-0.3, -0.25) is 0 Å². The monoisotopic (exact) mass is 156 g/mol. The van der Waals surface area contributed by atoms with Crippen LogP contribution in [0.15, 0.2) is 12.3 Å². The Hall–Kier alpha value is -0.540. The number of nitrogens with zero attached hydrogens (tertiary/aromatic N) is 1. The molecular formula is C8H16N2O. The van der Waals surface area contributed by atoms with E-state index in [0.29, 0.717) is 6.42 Å². The first-order chi connectivity index (χ1) is 5.34. The molecule has 0 radical (unpaired) electrons. The van der Waals surface area contributed by atoms with E-state index >= 15 is 0 Å². The standard InChI is InChI=1S/C8H16N2O/c1-8(2-7-11)10-5-3-9-4-6-10/h9,11H,1-7H2. The van der Waals surface area contributed by atoms with E-state index in [2.05, 4.69) is 16.8 Å². The van der Waals surface area contributed by atoms with Gasteiger partial charge in [0.15, 0.2) is 0 Å². The Kier molecular flexibility index (Phi) is 3.39. The molecule has 1 rings (SSSR count). The van der Waals surface area contributed by atoms with Crippen LogP contribution in [-0.4, -0.2) is 42.8 Å². The predicted octanol–water partition coefficient (Wildman–Crippen LogP) is -0.212. The molecule has 0 unspecified atom stereocenters. The molecule has 1 fully saturated rings. The zero-order valence-electron chi connectivity index (χ0n) is 6.84. The smallest absolute Gasteiger partial charge is 0.0485 e. The minimum Gasteiger partial charge on any atom is -0.396 e. The second-order valence-electron chi connectivity index (χ2n) is 2.78. The van der Waals surface area contributed by atoms with Gasteiger partial charge in [0.1, 0.15) is 0 Å². The van der Waals surface area contributed by atoms with Crippen LogP contribution in [0.3, 0.4) is 0 Å². The third-order valence-corrected chi connectivity index (χ3v) is 1.96. The van der Waals surface area contributed by atoms with Gasteiger partial charge in [0.25, 0.3) is 0 Å². The lowest BCUT2D eigenvalue weighted by Crippen LogP contribution is -2.42. The van der Waals surface area contributed by atoms with Crippen molar-refractivity contribution in [1.82, 2.24) is 10.2 Å². The zero-order chi connectivity index (χ0) is 8.10. The van der Waals surface area contributed by atoms with Crippen LogP contribution in [0.2, 0.25) is 0 Å². The maximum atomic E-state index is 8.66. The predicted molar refractivity (Wildman–Crippen MR) is 45.3 cm³/mol. The zero-order valence-corrected chi connectivity index (χ0v) is 6.84. The average Bonchev–Trinajstić information content (AvgIpc) is 2.07. The number of rotatable bonds is 3. The third kappa shape index (κ3) is 2.52. The van der Waals surface area contributed by atoms with Crippen molar-refractivity contribution < 1.29 is 5.11 Å². The van der Waals surface area contributed by atoms with Gasteiger partial charge in [-0.05, 0) is 0 Å². The van der Waals surface area contributed by atoms with Crippen LogP contribution in [-0.2, 0) is 0 Å². The molecule has 0 aromatic carbocycles. The molecule has 0 bridgehead atoms. The fraction of sp³-hybridized carbons (Fsp3) is 0.750. The lowest BCUT2D eigenvalue weighted by atomic mass is 10.2. The van der Waals surface area contributed by atoms with E-state index in [-0.39, 0.29) is 6.61 Å². The van der Waals surface area contributed by atoms with Gasteiger partial charge in [-0.1, -0.05) is 6.58 Å². The lowest BCUT2D eigenvalue weighted by molar-refractivity contribution is 0.251. The van der Waals surface area contributed by atoms with Crippen LogP contribution in [0.25, 0.3) is 0 Å². The number of hydrogen-bond donors (Lipinski definition) is 2. The van der Waals surface area contributed by atoms with Gasteiger partial charge in [0, 0.05) is 44.9 Å². The van der Waals surface area contributed by atoms with Crippen LogP contribution < -0.4 is 5.32 Å². The van der Waals surface area contributed by atoms with E-state index in [1.165, 1.54) is 0 Å². The van der Waals surface area contributed by atoms with E-state index in [1.54, 1.807) is 0 Å². The first-order valence-electron chi connectivity index (χ1n) is 4.09. The Labute approximate surface area is 67.7 Å². The molecule has 11 heavy (non-hydrogen) atoms. The Balaban J connectivity index is 2.27. The maximum Gasteiger partial charge on any atom is 0.0485 e. The topological polar surface area (TPSA) is 35.5 Å². The summed E-state index contributed by atoms with van der Waals surface area (Å²) in [7, 11) is 0. The summed E-state index contributed by atoms with van der Waals surface area (Å²) in [5.41, 5.74) is 1.06. The summed E-state index contributed by atoms with van der Waals surface area (Å²) < 4.78 is 0. The van der Waals surface area contributed by atoms with E-state index in [0.717, 1.165) is 31.9 Å². The van der Waals surface area contributed by atoms with E-state index in [1.807, 2.05) is 0 Å². The van der Waals surface area contributed by atoms with Crippen LogP contribution in [0.4, 0.5) is 0 Å². The van der Waals surface area contributed by atoms with Gasteiger partial charge in [0.05, 0.1) is 0 Å². The van der Waals surface area contributed by atoms with Gasteiger partial charge < -0.3 is 15.3 Å². The number of aliphatic hydroxyl groups excluding tert-OH is 1. The van der Waals surface area contributed by atoms with Crippen LogP contribution in [0.1, 0.15) is 6.42 Å². The Morgan fingerprint density at radius 2 is 2.09 bits per heavy atom. The minimum absolute atomic E-state index is 0.211. The van der Waals surface area contributed by atoms with E-state index in [4.69, 9.17) is 5.11 Å². The summed E-state index contributed by atoms with van der Waals surface area (Å²) in [6.45, 7) is 8.23. The highest BCUT2D eigenvalue weighted by molar-refractivity contribution is 4.95. The summed E-state index contributed by atoms with van der Waals surface area (Å²) in [5, 5.41) is 11.9. The van der Waals surface area contributed by atoms with Crippen molar-refractivity contribution in [2.24, 2.45) is 0 Å². The first-order valence-corrected chi connectivity index (χ1v) is 4.09. The van der Waals surface area contributed by atoms with Crippen LogP contribution in [0, 0.1) is 0 Å². The number of nitrogens with one attached hydrogen (secondary N) is 1. The molecule has 0 aliphatic carbocycles. The molecule has 0 atom stereocenters. The fourth-order valence-corrected chi connectivity index (χ4v) is 1.27. The van der Waals surface area contributed by atoms with Crippen molar-refractivity contribution in [3.8, 4) is 0 Å². The molecule has 64 valence electrons. The van der Waals surface area contributed by atoms with E-state index in [9.17, 15) is 0 Å². The molecule has 1 heterocycles. The maximum absolute atomic E-state index is 8.66. The molecule has 0 saturated carbocycles. The molecule has 0 amide bonds. The van der Waals surface area contributed by atoms with Crippen molar-refractivity contribution in [3.63, 3.8) is 0 Å². The van der Waals surface area contributed by atoms with Crippen molar-refractivity contribution in [2.75, 3.05) is 32.8 Å². The van der Waals surface area contributed by atoms with Crippen molar-refractivity contribution in [3.05, 3.63) is 12.3 Å². The quantitative estimate of drug-likeness (QED) is 0.593. The van der Waals surface area contributed by atoms with Crippen molar-refractivity contribution in [2.45, 2.75) is 6.42 Å². The minimum atomic E-state index is 0.211. The summed E-state index contributed by atoms with van der Waals surface area (Å²) in [5.74, 6) is 0. The van der Waals surface area contributed by atoms with Gasteiger partial charge in [-0.15, -0.1) is 0 Å². The van der Waals surface area contributed by atoms with Gasteiger partial charge in [0.2, 0.25) is 0 Å². The molecule has 0 spiro atoms. The lowest BCUT2D eigenvalue weighted by Gasteiger charge is -2.30. The summed E-state index contributed by atoms with van der Waals surface area (Å²) in [6, 6.07) is 0. The fourth-order valence-electron chi connectivity index (χ4n) is 1.27. The highest BCUT2D eigenvalue weighted by Crippen LogP contribution is 2.06. The highest BCUT2D eigenvalue weighted by Gasteiger charge is 2.09. The molecule has 0 aromatic rings. The third-order valence-electron chi connectivity index (χ3n) is 1.96. The Morgan fingerprint density at radius 3 is 2.64 bits per heavy atom. The SMILES string of the molecule is C=C(CCO)N1CCNCC1. The normalized spacial score (nSPS) is 18.5. The van der Waals surface area contributed by atoms with Crippen molar-refractivity contribution >= 4 is 0 Å². The number of aliphatic hydroxyl groups is 1. The largest absolute Gasteiger partial charge is 0.396 e. The average molecular weight is 156 g/mol. The summed E-state index contributed by atoms with van der Waals surface area (Å²) in [6.07, 6.45) is 0.708. The molecule has 3 nitrogen and oxygen atoms in total. The molecule has 0 aromatic heterocycles. The molecule has 3 heteroatoms. The number of hydrogen-bond acceptors (Lipinski definition) is 3. The van der Waals surface area contributed by atoms with Gasteiger partial charge in [-0.25, -0.2) is 0 Å². The second-order valence-corrected chi connectivity index (χ2v) is 2.78. The molecule has 1 saturated heterocycles. The van der Waals surface area contributed by atoms with Crippen molar-refractivity contribution in [1.29, 1.82) is 0 Å². The van der Waals surface area contributed by atoms with Crippen LogP contribution in [0.5, 0.6) is 0 Å². The Morgan fingerprint density at radius 1 is 1.45 bits per heavy atom. The van der Waals surface area contributed by atoms with Crippen LogP contribution >= 0.6 is 0 Å².